The summed E-state index contributed by atoms with van der Waals surface area (Å²) in [6, 6.07) is 0.789. The van der Waals surface area contributed by atoms with Crippen LogP contribution in [0, 0.1) is 11.3 Å². The van der Waals surface area contributed by atoms with Crippen molar-refractivity contribution < 1.29 is 9.47 Å². The Morgan fingerprint density at radius 2 is 2.12 bits per heavy atom. The lowest BCUT2D eigenvalue weighted by atomic mass is 9.83. The first-order valence-corrected chi connectivity index (χ1v) is 7.25. The summed E-state index contributed by atoms with van der Waals surface area (Å²) in [5.41, 5.74) is 0.260. The van der Waals surface area contributed by atoms with Crippen LogP contribution in [0.1, 0.15) is 38.5 Å². The Bertz CT molecular complexity index is 243. The van der Waals surface area contributed by atoms with Crippen molar-refractivity contribution in [2.45, 2.75) is 44.6 Å². The molecular weight excluding hydrogens is 214 g/mol. The zero-order chi connectivity index (χ0) is 11.6. The van der Waals surface area contributed by atoms with Gasteiger partial charge in [-0.1, -0.05) is 0 Å². The molecule has 0 radical (unpaired) electrons. The van der Waals surface area contributed by atoms with Gasteiger partial charge in [0.25, 0.3) is 0 Å². The summed E-state index contributed by atoms with van der Waals surface area (Å²) < 4.78 is 11.6. The molecule has 1 atom stereocenters. The number of rotatable bonds is 7. The summed E-state index contributed by atoms with van der Waals surface area (Å²) in [6.45, 7) is 4.78. The Hall–Kier alpha value is -0.120. The monoisotopic (exact) mass is 239 g/mol. The fourth-order valence-corrected chi connectivity index (χ4v) is 2.59. The fraction of sp³-hybridized carbons (Fsp3) is 1.00. The fourth-order valence-electron chi connectivity index (χ4n) is 2.59. The Morgan fingerprint density at radius 1 is 1.24 bits per heavy atom. The molecule has 3 rings (SSSR count). The van der Waals surface area contributed by atoms with Gasteiger partial charge >= 0.3 is 0 Å². The van der Waals surface area contributed by atoms with Gasteiger partial charge in [0.1, 0.15) is 0 Å². The summed E-state index contributed by atoms with van der Waals surface area (Å²) >= 11 is 0. The maximum atomic E-state index is 5.93. The summed E-state index contributed by atoms with van der Waals surface area (Å²) in [7, 11) is 0. The molecule has 3 heteroatoms. The van der Waals surface area contributed by atoms with Crippen LogP contribution in [-0.2, 0) is 9.47 Å². The third-order valence-corrected chi connectivity index (χ3v) is 4.21. The van der Waals surface area contributed by atoms with Gasteiger partial charge in [0.2, 0.25) is 0 Å². The minimum Gasteiger partial charge on any atom is -0.381 e. The van der Waals surface area contributed by atoms with Gasteiger partial charge < -0.3 is 14.8 Å². The summed E-state index contributed by atoms with van der Waals surface area (Å²) in [4.78, 5) is 0. The number of hydrogen-bond acceptors (Lipinski definition) is 3. The highest BCUT2D eigenvalue weighted by molar-refractivity contribution is 4.89. The van der Waals surface area contributed by atoms with Crippen molar-refractivity contribution in [1.82, 2.24) is 5.32 Å². The van der Waals surface area contributed by atoms with Crippen molar-refractivity contribution in [2.75, 3.05) is 33.0 Å². The molecule has 0 amide bonds. The molecule has 17 heavy (non-hydrogen) atoms. The third kappa shape index (κ3) is 3.67. The molecule has 1 saturated heterocycles. The number of hydrogen-bond donors (Lipinski definition) is 1. The van der Waals surface area contributed by atoms with Crippen LogP contribution in [0.5, 0.6) is 0 Å². The van der Waals surface area contributed by atoms with E-state index in [9.17, 15) is 0 Å². The highest BCUT2D eigenvalue weighted by Crippen LogP contribution is 2.33. The van der Waals surface area contributed by atoms with Crippen LogP contribution in [-0.4, -0.2) is 39.0 Å². The van der Waals surface area contributed by atoms with E-state index in [0.29, 0.717) is 0 Å². The van der Waals surface area contributed by atoms with E-state index in [0.717, 1.165) is 44.9 Å². The normalized spacial score (nSPS) is 33.9. The van der Waals surface area contributed by atoms with Gasteiger partial charge in [-0.15, -0.1) is 0 Å². The van der Waals surface area contributed by atoms with E-state index in [1.807, 2.05) is 0 Å². The summed E-state index contributed by atoms with van der Waals surface area (Å²) in [5.74, 6) is 0.868. The summed E-state index contributed by atoms with van der Waals surface area (Å²) in [6.07, 6.45) is 7.93. The van der Waals surface area contributed by atoms with E-state index >= 15 is 0 Å². The third-order valence-electron chi connectivity index (χ3n) is 4.21. The van der Waals surface area contributed by atoms with E-state index < -0.39 is 0 Å². The van der Waals surface area contributed by atoms with Gasteiger partial charge in [0.15, 0.2) is 0 Å². The Labute approximate surface area is 104 Å². The average Bonchev–Trinajstić information content (AvgIpc) is 3.23. The molecular formula is C14H25NO2. The molecule has 2 saturated carbocycles. The van der Waals surface area contributed by atoms with Crippen molar-refractivity contribution in [3.05, 3.63) is 0 Å². The van der Waals surface area contributed by atoms with Gasteiger partial charge in [0, 0.05) is 31.2 Å². The van der Waals surface area contributed by atoms with Crippen LogP contribution in [0.4, 0.5) is 0 Å². The van der Waals surface area contributed by atoms with Crippen LogP contribution >= 0.6 is 0 Å². The second-order valence-electron chi connectivity index (χ2n) is 6.27. The second kappa shape index (κ2) is 5.25. The van der Waals surface area contributed by atoms with Crippen LogP contribution in [0.15, 0.2) is 0 Å². The van der Waals surface area contributed by atoms with Crippen LogP contribution in [0.3, 0.4) is 0 Å². The van der Waals surface area contributed by atoms with Gasteiger partial charge in [-0.2, -0.15) is 0 Å². The Morgan fingerprint density at radius 3 is 2.76 bits per heavy atom. The first-order chi connectivity index (χ1) is 8.36. The molecule has 0 aromatic rings. The molecule has 1 unspecified atom stereocenters. The number of nitrogens with one attached hydrogen (secondary N) is 1. The first kappa shape index (κ1) is 11.9. The van der Waals surface area contributed by atoms with Gasteiger partial charge in [0.05, 0.1) is 13.2 Å². The lowest BCUT2D eigenvalue weighted by Gasteiger charge is -2.37. The Balaban J connectivity index is 1.45. The van der Waals surface area contributed by atoms with Crippen LogP contribution in [0.2, 0.25) is 0 Å². The highest BCUT2D eigenvalue weighted by Gasteiger charge is 2.35. The molecule has 3 nitrogen and oxygen atoms in total. The predicted octanol–water partition coefficient (Wildman–Crippen LogP) is 1.96. The van der Waals surface area contributed by atoms with Gasteiger partial charge in [-0.3, -0.25) is 0 Å². The van der Waals surface area contributed by atoms with E-state index in [4.69, 9.17) is 9.47 Å². The van der Waals surface area contributed by atoms with E-state index in [2.05, 4.69) is 5.32 Å². The quantitative estimate of drug-likeness (QED) is 0.736. The van der Waals surface area contributed by atoms with E-state index in [1.54, 1.807) is 0 Å². The van der Waals surface area contributed by atoms with Crippen molar-refractivity contribution in [3.63, 3.8) is 0 Å². The largest absolute Gasteiger partial charge is 0.381 e. The molecule has 2 aliphatic carbocycles. The zero-order valence-corrected chi connectivity index (χ0v) is 10.7. The zero-order valence-electron chi connectivity index (χ0n) is 10.7. The lowest BCUT2D eigenvalue weighted by molar-refractivity contribution is -0.0597. The van der Waals surface area contributed by atoms with Crippen molar-refractivity contribution in [3.8, 4) is 0 Å². The van der Waals surface area contributed by atoms with E-state index in [1.165, 1.54) is 38.5 Å². The van der Waals surface area contributed by atoms with Gasteiger partial charge in [-0.05, 0) is 44.4 Å². The smallest absolute Gasteiger partial charge is 0.0556 e. The first-order valence-electron chi connectivity index (χ1n) is 7.25. The molecule has 0 bridgehead atoms. The average molecular weight is 239 g/mol. The minimum atomic E-state index is 0.260. The minimum absolute atomic E-state index is 0.260. The van der Waals surface area contributed by atoms with Gasteiger partial charge in [-0.25, -0.2) is 0 Å². The maximum Gasteiger partial charge on any atom is 0.0556 e. The molecule has 0 aromatic heterocycles. The predicted molar refractivity (Wildman–Crippen MR) is 67.1 cm³/mol. The highest BCUT2D eigenvalue weighted by atomic mass is 16.5. The van der Waals surface area contributed by atoms with E-state index in [-0.39, 0.29) is 5.41 Å². The maximum absolute atomic E-state index is 5.93. The van der Waals surface area contributed by atoms with Crippen LogP contribution in [0.25, 0.3) is 0 Å². The molecule has 1 heterocycles. The SMILES string of the molecule is C1COCC(CNC2CC2)(COCC2CC2)C1. The molecule has 1 aliphatic heterocycles. The number of ether oxygens (including phenoxy) is 2. The molecule has 3 fully saturated rings. The second-order valence-corrected chi connectivity index (χ2v) is 6.27. The van der Waals surface area contributed by atoms with Crippen LogP contribution < -0.4 is 5.32 Å². The van der Waals surface area contributed by atoms with Crippen molar-refractivity contribution >= 4 is 0 Å². The Kier molecular flexibility index (Phi) is 3.69. The molecule has 1 N–H and O–H groups in total. The molecule has 0 spiro atoms. The topological polar surface area (TPSA) is 30.5 Å². The molecule has 0 aromatic carbocycles. The lowest BCUT2D eigenvalue weighted by Crippen LogP contribution is -2.45. The molecule has 98 valence electrons. The standard InChI is InChI=1S/C14H25NO2/c1-6-14(10-16-7-1,9-15-13-4-5-13)11-17-8-12-2-3-12/h12-13,15H,1-11H2. The molecule has 3 aliphatic rings. The van der Waals surface area contributed by atoms with Crippen molar-refractivity contribution in [1.29, 1.82) is 0 Å². The summed E-state index contributed by atoms with van der Waals surface area (Å²) in [5, 5.41) is 3.66. The van der Waals surface area contributed by atoms with Crippen molar-refractivity contribution in [2.24, 2.45) is 11.3 Å².